The molecule has 1 heterocycles. The van der Waals surface area contributed by atoms with Crippen molar-refractivity contribution < 1.29 is 14.4 Å². The molecule has 1 aliphatic heterocycles. The van der Waals surface area contributed by atoms with Crippen LogP contribution in [0.2, 0.25) is 10.0 Å². The Bertz CT molecular complexity index is 853. The van der Waals surface area contributed by atoms with Crippen LogP contribution in [-0.2, 0) is 14.4 Å². The number of hydrogen-bond donors (Lipinski definition) is 1. The first-order valence-electron chi connectivity index (χ1n) is 10.6. The van der Waals surface area contributed by atoms with Crippen molar-refractivity contribution in [3.63, 3.8) is 0 Å². The molecule has 2 bridgehead atoms. The molecule has 0 spiro atoms. The fourth-order valence-corrected chi connectivity index (χ4v) is 6.57. The van der Waals surface area contributed by atoms with Gasteiger partial charge in [-0.1, -0.05) is 29.3 Å². The van der Waals surface area contributed by atoms with E-state index in [1.807, 2.05) is 0 Å². The summed E-state index contributed by atoms with van der Waals surface area (Å²) >= 11 is 12.2. The molecule has 0 radical (unpaired) electrons. The number of benzene rings is 1. The molecule has 154 valence electrons. The molecule has 1 aromatic carbocycles. The molecule has 4 atom stereocenters. The van der Waals surface area contributed by atoms with Crippen LogP contribution in [-0.4, -0.2) is 28.7 Å². The van der Waals surface area contributed by atoms with Gasteiger partial charge in [0.25, 0.3) is 0 Å². The van der Waals surface area contributed by atoms with Crippen LogP contribution in [0.3, 0.4) is 0 Å². The van der Waals surface area contributed by atoms with Crippen LogP contribution in [0.4, 0.5) is 5.69 Å². The van der Waals surface area contributed by atoms with Gasteiger partial charge >= 0.3 is 0 Å². The summed E-state index contributed by atoms with van der Waals surface area (Å²) in [5.74, 6) is 0.592. The molecule has 4 aliphatic rings. The molecule has 1 saturated heterocycles. The van der Waals surface area contributed by atoms with Crippen molar-refractivity contribution >= 4 is 46.6 Å². The lowest BCUT2D eigenvalue weighted by atomic mass is 9.81. The normalized spacial score (nSPS) is 35.9. The first kappa shape index (κ1) is 19.4. The molecule has 7 heteroatoms. The van der Waals surface area contributed by atoms with E-state index in [9.17, 15) is 14.4 Å². The summed E-state index contributed by atoms with van der Waals surface area (Å²) in [6.07, 6.45) is 5.94. The average molecular weight is 435 g/mol. The van der Waals surface area contributed by atoms with Crippen LogP contribution in [0.1, 0.15) is 44.9 Å². The number of nitrogens with zero attached hydrogens (tertiary/aromatic N) is 1. The number of hydrogen-bond acceptors (Lipinski definition) is 3. The van der Waals surface area contributed by atoms with E-state index >= 15 is 0 Å². The van der Waals surface area contributed by atoms with Crippen molar-refractivity contribution in [2.45, 2.75) is 51.0 Å². The zero-order valence-electron chi connectivity index (χ0n) is 16.1. The standard InChI is InChI=1S/C22H24Cl2N2O3/c23-15-2-1-3-16(19(15)24)25-20(27)11-6-8-14(9-7-11)26-21(28)17-12-4-5-13(10-12)18(17)22(26)29/h1-3,11-14,17-18H,4-10H2,(H,25,27)/t11?,12-,13-,14?,17-,18-/m0/s1. The van der Waals surface area contributed by atoms with Gasteiger partial charge in [-0.3, -0.25) is 19.3 Å². The minimum absolute atomic E-state index is 0.0567. The number of imide groups is 1. The van der Waals surface area contributed by atoms with Crippen molar-refractivity contribution in [3.05, 3.63) is 28.2 Å². The van der Waals surface area contributed by atoms with Crippen LogP contribution in [0.5, 0.6) is 0 Å². The molecule has 3 aliphatic carbocycles. The van der Waals surface area contributed by atoms with Gasteiger partial charge in [-0.05, 0) is 68.9 Å². The minimum Gasteiger partial charge on any atom is -0.324 e. The van der Waals surface area contributed by atoms with Gasteiger partial charge in [0, 0.05) is 12.0 Å². The number of carbonyl (C=O) groups excluding carboxylic acids is 3. The molecule has 5 rings (SSSR count). The molecule has 3 saturated carbocycles. The maximum absolute atomic E-state index is 13.0. The van der Waals surface area contributed by atoms with Crippen molar-refractivity contribution in [2.75, 3.05) is 5.32 Å². The average Bonchev–Trinajstić information content (AvgIpc) is 3.39. The van der Waals surface area contributed by atoms with Crippen LogP contribution < -0.4 is 5.32 Å². The largest absolute Gasteiger partial charge is 0.324 e. The molecular formula is C22H24Cl2N2O3. The number of halogens is 2. The summed E-state index contributed by atoms with van der Waals surface area (Å²) in [5.41, 5.74) is 0.513. The van der Waals surface area contributed by atoms with Gasteiger partial charge in [-0.15, -0.1) is 0 Å². The van der Waals surface area contributed by atoms with Crippen LogP contribution in [0.25, 0.3) is 0 Å². The number of fused-ring (bicyclic) bond motifs is 5. The third-order valence-electron chi connectivity index (χ3n) is 7.60. The van der Waals surface area contributed by atoms with Gasteiger partial charge in [0.05, 0.1) is 27.6 Å². The number of anilines is 1. The molecule has 3 amide bonds. The van der Waals surface area contributed by atoms with Gasteiger partial charge in [0.2, 0.25) is 17.7 Å². The summed E-state index contributed by atoms with van der Waals surface area (Å²) < 4.78 is 0. The highest BCUT2D eigenvalue weighted by molar-refractivity contribution is 6.44. The Labute approximate surface area is 180 Å². The van der Waals surface area contributed by atoms with E-state index in [-0.39, 0.29) is 41.5 Å². The number of rotatable bonds is 3. The molecular weight excluding hydrogens is 411 g/mol. The monoisotopic (exact) mass is 434 g/mol. The molecule has 1 N–H and O–H groups in total. The molecule has 1 aromatic rings. The zero-order valence-corrected chi connectivity index (χ0v) is 17.6. The predicted molar refractivity (Wildman–Crippen MR) is 111 cm³/mol. The fourth-order valence-electron chi connectivity index (χ4n) is 6.22. The summed E-state index contributed by atoms with van der Waals surface area (Å²) in [6.45, 7) is 0. The van der Waals surface area contributed by atoms with Gasteiger partial charge in [0.1, 0.15) is 0 Å². The lowest BCUT2D eigenvalue weighted by Crippen LogP contribution is -2.44. The Balaban J connectivity index is 1.22. The Hall–Kier alpha value is -1.59. The van der Waals surface area contributed by atoms with Crippen molar-refractivity contribution in [3.8, 4) is 0 Å². The predicted octanol–water partition coefficient (Wildman–Crippen LogP) is 4.52. The Morgan fingerprint density at radius 1 is 0.931 bits per heavy atom. The van der Waals surface area contributed by atoms with Gasteiger partial charge in [-0.25, -0.2) is 0 Å². The van der Waals surface area contributed by atoms with E-state index in [0.717, 1.165) is 19.3 Å². The number of nitrogens with one attached hydrogen (secondary N) is 1. The van der Waals surface area contributed by atoms with Gasteiger partial charge in [-0.2, -0.15) is 0 Å². The quantitative estimate of drug-likeness (QED) is 0.710. The molecule has 29 heavy (non-hydrogen) atoms. The second-order valence-electron chi connectivity index (χ2n) is 9.03. The summed E-state index contributed by atoms with van der Waals surface area (Å²) in [5, 5.41) is 3.61. The molecule has 0 aromatic heterocycles. The fraction of sp³-hybridized carbons (Fsp3) is 0.591. The van der Waals surface area contributed by atoms with E-state index < -0.39 is 0 Å². The van der Waals surface area contributed by atoms with Gasteiger partial charge < -0.3 is 5.32 Å². The lowest BCUT2D eigenvalue weighted by molar-refractivity contribution is -0.144. The van der Waals surface area contributed by atoms with Crippen molar-refractivity contribution in [1.29, 1.82) is 0 Å². The van der Waals surface area contributed by atoms with E-state index in [1.165, 1.54) is 0 Å². The highest BCUT2D eigenvalue weighted by atomic mass is 35.5. The number of likely N-dealkylation sites (tertiary alicyclic amines) is 1. The first-order valence-corrected chi connectivity index (χ1v) is 11.3. The second-order valence-corrected chi connectivity index (χ2v) is 9.81. The highest BCUT2D eigenvalue weighted by Gasteiger charge is 2.61. The smallest absolute Gasteiger partial charge is 0.233 e. The number of amides is 3. The van der Waals surface area contributed by atoms with Crippen LogP contribution >= 0.6 is 23.2 Å². The Kier molecular flexibility index (Phi) is 4.86. The Morgan fingerprint density at radius 3 is 2.17 bits per heavy atom. The highest BCUT2D eigenvalue weighted by Crippen LogP contribution is 2.56. The summed E-state index contributed by atoms with van der Waals surface area (Å²) in [7, 11) is 0. The Morgan fingerprint density at radius 2 is 1.55 bits per heavy atom. The second kappa shape index (κ2) is 7.28. The SMILES string of the molecule is O=C(Nc1cccc(Cl)c1Cl)C1CCC(N2C(=O)[C@H]3[C@H]4CC[C@@H](C4)[C@@H]3C2=O)CC1. The minimum atomic E-state index is -0.148. The lowest BCUT2D eigenvalue weighted by Gasteiger charge is -2.33. The third kappa shape index (κ3) is 3.09. The molecule has 0 unspecified atom stereocenters. The van der Waals surface area contributed by atoms with Crippen LogP contribution in [0.15, 0.2) is 18.2 Å². The van der Waals surface area contributed by atoms with E-state index in [0.29, 0.717) is 53.3 Å². The summed E-state index contributed by atoms with van der Waals surface area (Å²) in [4.78, 5) is 40.3. The first-order chi connectivity index (χ1) is 14.0. The van der Waals surface area contributed by atoms with Gasteiger partial charge in [0.15, 0.2) is 0 Å². The maximum atomic E-state index is 13.0. The van der Waals surface area contributed by atoms with E-state index in [2.05, 4.69) is 5.32 Å². The zero-order chi connectivity index (χ0) is 20.3. The number of carbonyl (C=O) groups is 3. The van der Waals surface area contributed by atoms with Crippen molar-refractivity contribution in [1.82, 2.24) is 4.90 Å². The third-order valence-corrected chi connectivity index (χ3v) is 8.42. The summed E-state index contributed by atoms with van der Waals surface area (Å²) in [6, 6.07) is 5.09. The van der Waals surface area contributed by atoms with Crippen LogP contribution in [0, 0.1) is 29.6 Å². The molecule has 4 fully saturated rings. The molecule has 5 nitrogen and oxygen atoms in total. The van der Waals surface area contributed by atoms with Crippen molar-refractivity contribution in [2.24, 2.45) is 29.6 Å². The van der Waals surface area contributed by atoms with E-state index in [1.54, 1.807) is 23.1 Å². The topological polar surface area (TPSA) is 66.5 Å². The van der Waals surface area contributed by atoms with E-state index in [4.69, 9.17) is 23.2 Å². The maximum Gasteiger partial charge on any atom is 0.233 e.